The van der Waals surface area contributed by atoms with E-state index in [2.05, 4.69) is 41.1 Å². The van der Waals surface area contributed by atoms with Crippen molar-refractivity contribution in [3.05, 3.63) is 11.1 Å². The molecule has 0 unspecified atom stereocenters. The SMILES string of the molecule is CCN(CCCN(C)C)c1ncc(CNC2CC2)s1. The number of hydrogen-bond acceptors (Lipinski definition) is 5. The second-order valence-electron chi connectivity index (χ2n) is 5.50. The second kappa shape index (κ2) is 7.22. The van der Waals surface area contributed by atoms with Crippen LogP contribution in [-0.2, 0) is 6.54 Å². The van der Waals surface area contributed by atoms with Gasteiger partial charge in [0.05, 0.1) is 0 Å². The average molecular weight is 282 g/mol. The number of aromatic nitrogens is 1. The van der Waals surface area contributed by atoms with Crippen molar-refractivity contribution in [3.8, 4) is 0 Å². The van der Waals surface area contributed by atoms with Gasteiger partial charge >= 0.3 is 0 Å². The molecule has 108 valence electrons. The molecule has 2 rings (SSSR count). The quantitative estimate of drug-likeness (QED) is 0.752. The van der Waals surface area contributed by atoms with Gasteiger partial charge in [-0.05, 0) is 46.8 Å². The molecular formula is C14H26N4S. The summed E-state index contributed by atoms with van der Waals surface area (Å²) in [6, 6.07) is 0.771. The first kappa shape index (κ1) is 14.8. The van der Waals surface area contributed by atoms with Gasteiger partial charge in [0.25, 0.3) is 0 Å². The van der Waals surface area contributed by atoms with E-state index in [1.165, 1.54) is 29.3 Å². The highest BCUT2D eigenvalue weighted by molar-refractivity contribution is 7.15. The van der Waals surface area contributed by atoms with Crippen molar-refractivity contribution in [2.45, 2.75) is 38.8 Å². The Hall–Kier alpha value is -0.650. The minimum Gasteiger partial charge on any atom is -0.348 e. The Morgan fingerprint density at radius 3 is 2.79 bits per heavy atom. The zero-order chi connectivity index (χ0) is 13.7. The number of rotatable bonds is 9. The van der Waals surface area contributed by atoms with Gasteiger partial charge in [0, 0.05) is 36.8 Å². The molecule has 1 aromatic rings. The standard InChI is InChI=1S/C14H26N4S/c1-4-18(9-5-8-17(2)3)14-16-11-13(19-14)10-15-12-6-7-12/h11-12,15H,4-10H2,1-3H3. The number of nitrogens with zero attached hydrogens (tertiary/aromatic N) is 3. The van der Waals surface area contributed by atoms with E-state index in [4.69, 9.17) is 0 Å². The van der Waals surface area contributed by atoms with Crippen molar-refractivity contribution in [2.75, 3.05) is 38.6 Å². The monoisotopic (exact) mass is 282 g/mol. The van der Waals surface area contributed by atoms with E-state index in [0.29, 0.717) is 0 Å². The van der Waals surface area contributed by atoms with E-state index >= 15 is 0 Å². The summed E-state index contributed by atoms with van der Waals surface area (Å²) in [7, 11) is 4.25. The van der Waals surface area contributed by atoms with Crippen LogP contribution < -0.4 is 10.2 Å². The Bertz CT molecular complexity index is 373. The molecule has 5 heteroatoms. The molecule has 1 N–H and O–H groups in total. The Morgan fingerprint density at radius 2 is 2.16 bits per heavy atom. The largest absolute Gasteiger partial charge is 0.348 e. The lowest BCUT2D eigenvalue weighted by Gasteiger charge is -2.20. The molecule has 1 aliphatic carbocycles. The van der Waals surface area contributed by atoms with Crippen LogP contribution in [-0.4, -0.2) is 49.7 Å². The molecule has 1 aliphatic rings. The van der Waals surface area contributed by atoms with Crippen molar-refractivity contribution >= 4 is 16.5 Å². The summed E-state index contributed by atoms with van der Waals surface area (Å²) in [5.74, 6) is 0. The average Bonchev–Trinajstić information content (AvgIpc) is 3.10. The van der Waals surface area contributed by atoms with Crippen LogP contribution in [0.15, 0.2) is 6.20 Å². The third-order valence-corrected chi connectivity index (χ3v) is 4.43. The van der Waals surface area contributed by atoms with E-state index < -0.39 is 0 Å². The Morgan fingerprint density at radius 1 is 1.37 bits per heavy atom. The first-order valence-electron chi connectivity index (χ1n) is 7.26. The first-order valence-corrected chi connectivity index (χ1v) is 8.08. The van der Waals surface area contributed by atoms with Crippen LogP contribution in [0.5, 0.6) is 0 Å². The van der Waals surface area contributed by atoms with Crippen molar-refractivity contribution in [1.82, 2.24) is 15.2 Å². The van der Waals surface area contributed by atoms with Gasteiger partial charge < -0.3 is 15.1 Å². The Labute approximate surface area is 120 Å². The maximum absolute atomic E-state index is 4.57. The van der Waals surface area contributed by atoms with Crippen LogP contribution in [0.25, 0.3) is 0 Å². The lowest BCUT2D eigenvalue weighted by molar-refractivity contribution is 0.400. The number of nitrogens with one attached hydrogen (secondary N) is 1. The smallest absolute Gasteiger partial charge is 0.185 e. The van der Waals surface area contributed by atoms with Gasteiger partial charge in [-0.2, -0.15) is 0 Å². The fourth-order valence-electron chi connectivity index (χ4n) is 2.02. The fourth-order valence-corrected chi connectivity index (χ4v) is 2.97. The number of thiazole rings is 1. The van der Waals surface area contributed by atoms with E-state index in [-0.39, 0.29) is 0 Å². The van der Waals surface area contributed by atoms with Crippen LogP contribution >= 0.6 is 11.3 Å². The van der Waals surface area contributed by atoms with E-state index in [1.807, 2.05) is 17.5 Å². The van der Waals surface area contributed by atoms with Gasteiger partial charge in [0.1, 0.15) is 0 Å². The predicted molar refractivity (Wildman–Crippen MR) is 83.0 cm³/mol. The van der Waals surface area contributed by atoms with Crippen molar-refractivity contribution in [1.29, 1.82) is 0 Å². The summed E-state index contributed by atoms with van der Waals surface area (Å²) in [6.45, 7) is 6.46. The second-order valence-corrected chi connectivity index (χ2v) is 6.59. The summed E-state index contributed by atoms with van der Waals surface area (Å²) in [5.41, 5.74) is 0. The fraction of sp³-hybridized carbons (Fsp3) is 0.786. The highest BCUT2D eigenvalue weighted by Crippen LogP contribution is 2.24. The molecule has 0 spiro atoms. The van der Waals surface area contributed by atoms with Crippen LogP contribution in [0.1, 0.15) is 31.1 Å². The zero-order valence-corrected chi connectivity index (χ0v) is 13.2. The molecule has 0 atom stereocenters. The van der Waals surface area contributed by atoms with Crippen LogP contribution in [0.2, 0.25) is 0 Å². The molecule has 0 bridgehead atoms. The zero-order valence-electron chi connectivity index (χ0n) is 12.4. The summed E-state index contributed by atoms with van der Waals surface area (Å²) >= 11 is 1.83. The van der Waals surface area contributed by atoms with Gasteiger partial charge in [-0.1, -0.05) is 0 Å². The topological polar surface area (TPSA) is 31.4 Å². The highest BCUT2D eigenvalue weighted by Gasteiger charge is 2.20. The van der Waals surface area contributed by atoms with Crippen LogP contribution in [0.4, 0.5) is 5.13 Å². The molecule has 19 heavy (non-hydrogen) atoms. The van der Waals surface area contributed by atoms with Gasteiger partial charge in [-0.3, -0.25) is 0 Å². The Kier molecular flexibility index (Phi) is 5.60. The maximum atomic E-state index is 4.57. The van der Waals surface area contributed by atoms with Gasteiger partial charge in [0.15, 0.2) is 5.13 Å². The molecule has 0 aromatic carbocycles. The Balaban J connectivity index is 1.79. The first-order chi connectivity index (χ1) is 9.19. The normalized spacial score (nSPS) is 15.2. The van der Waals surface area contributed by atoms with Crippen molar-refractivity contribution in [3.63, 3.8) is 0 Å². The summed E-state index contributed by atoms with van der Waals surface area (Å²) in [4.78, 5) is 10.5. The molecule has 1 saturated carbocycles. The lowest BCUT2D eigenvalue weighted by atomic mass is 10.4. The van der Waals surface area contributed by atoms with Crippen molar-refractivity contribution < 1.29 is 0 Å². The third kappa shape index (κ3) is 5.09. The molecule has 0 aliphatic heterocycles. The third-order valence-electron chi connectivity index (χ3n) is 3.37. The lowest BCUT2D eigenvalue weighted by Crippen LogP contribution is -2.26. The van der Waals surface area contributed by atoms with Gasteiger partial charge in [0.2, 0.25) is 0 Å². The van der Waals surface area contributed by atoms with Crippen LogP contribution in [0.3, 0.4) is 0 Å². The predicted octanol–water partition coefficient (Wildman–Crippen LogP) is 2.17. The molecule has 1 heterocycles. The maximum Gasteiger partial charge on any atom is 0.185 e. The minimum atomic E-state index is 0.771. The molecule has 0 amide bonds. The van der Waals surface area contributed by atoms with Gasteiger partial charge in [-0.25, -0.2) is 4.98 Å². The van der Waals surface area contributed by atoms with E-state index in [1.54, 1.807) is 0 Å². The summed E-state index contributed by atoms with van der Waals surface area (Å²) in [6.07, 6.45) is 5.91. The molecular weight excluding hydrogens is 256 g/mol. The minimum absolute atomic E-state index is 0.771. The number of hydrogen-bond donors (Lipinski definition) is 1. The van der Waals surface area contributed by atoms with Gasteiger partial charge in [-0.15, -0.1) is 11.3 Å². The summed E-state index contributed by atoms with van der Waals surface area (Å²) < 4.78 is 0. The van der Waals surface area contributed by atoms with E-state index in [9.17, 15) is 0 Å². The molecule has 0 saturated heterocycles. The van der Waals surface area contributed by atoms with Crippen LogP contribution in [0, 0.1) is 0 Å². The molecule has 0 radical (unpaired) electrons. The number of anilines is 1. The molecule has 4 nitrogen and oxygen atoms in total. The molecule has 1 fully saturated rings. The summed E-state index contributed by atoms with van der Waals surface area (Å²) in [5, 5.41) is 4.72. The highest BCUT2D eigenvalue weighted by atomic mass is 32.1. The van der Waals surface area contributed by atoms with E-state index in [0.717, 1.165) is 32.2 Å². The van der Waals surface area contributed by atoms with Crippen molar-refractivity contribution in [2.24, 2.45) is 0 Å². The molecule has 1 aromatic heterocycles.